The molecule has 0 bridgehead atoms. The zero-order valence-corrected chi connectivity index (χ0v) is 11.5. The number of hydrogen-bond donors (Lipinski definition) is 0. The Hall–Kier alpha value is 0.363. The van der Waals surface area contributed by atoms with E-state index in [1.165, 1.54) is 32.1 Å². The first kappa shape index (κ1) is 11.4. The van der Waals surface area contributed by atoms with Gasteiger partial charge in [0, 0.05) is 0 Å². The molecule has 0 saturated heterocycles. The van der Waals surface area contributed by atoms with Crippen LogP contribution in [0.25, 0.3) is 0 Å². The molecule has 0 aromatic heterocycles. The predicted octanol–water partition coefficient (Wildman–Crippen LogP) is 4.11. The molecule has 0 amide bonds. The molecule has 0 aromatic rings. The molecule has 0 N–H and O–H groups in total. The van der Waals surface area contributed by atoms with E-state index in [4.69, 9.17) is 0 Å². The van der Waals surface area contributed by atoms with Crippen molar-refractivity contribution in [3.8, 4) is 0 Å². The normalized spacial score (nSPS) is 17.4. The Balaban J connectivity index is 2.73. The van der Waals surface area contributed by atoms with Gasteiger partial charge in [0.25, 0.3) is 0 Å². The Morgan fingerprint density at radius 1 is 1.31 bits per heavy atom. The van der Waals surface area contributed by atoms with Crippen molar-refractivity contribution in [3.63, 3.8) is 0 Å². The summed E-state index contributed by atoms with van der Waals surface area (Å²) in [6.07, 6.45) is 6.55. The maximum absolute atomic E-state index is 2.32. The standard InChI is InChI=1S/C12H19.Zr/c1-4-6-7-12-10(3)8-9-11(12)5-2;/h4-7,9H2,1-3H3;. The monoisotopic (exact) mass is 253 g/mol. The molecule has 0 unspecified atom stereocenters. The molecule has 0 heterocycles. The van der Waals surface area contributed by atoms with E-state index in [0.29, 0.717) is 0 Å². The van der Waals surface area contributed by atoms with Crippen LogP contribution in [0.1, 0.15) is 52.9 Å². The summed E-state index contributed by atoms with van der Waals surface area (Å²) in [5.74, 6) is 0. The van der Waals surface area contributed by atoms with Gasteiger partial charge in [-0.05, 0) is 0 Å². The zero-order valence-electron chi connectivity index (χ0n) is 9.04. The Morgan fingerprint density at radius 3 is 2.54 bits per heavy atom. The van der Waals surface area contributed by atoms with Crippen LogP contribution in [0.5, 0.6) is 0 Å². The van der Waals surface area contributed by atoms with E-state index in [1.54, 1.807) is 44.7 Å². The summed E-state index contributed by atoms with van der Waals surface area (Å²) in [6, 6.07) is 0. The van der Waals surface area contributed by atoms with Gasteiger partial charge in [-0.25, -0.2) is 0 Å². The Kier molecular flexibility index (Phi) is 4.66. The second kappa shape index (κ2) is 5.30. The number of hydrogen-bond acceptors (Lipinski definition) is 0. The summed E-state index contributed by atoms with van der Waals surface area (Å²) in [7, 11) is 0. The van der Waals surface area contributed by atoms with Crippen LogP contribution in [0.15, 0.2) is 20.0 Å². The van der Waals surface area contributed by atoms with Crippen molar-refractivity contribution < 1.29 is 24.7 Å². The van der Waals surface area contributed by atoms with Crippen LogP contribution in [0, 0.1) is 0 Å². The van der Waals surface area contributed by atoms with Crippen molar-refractivity contribution in [3.05, 3.63) is 20.0 Å². The van der Waals surface area contributed by atoms with Gasteiger partial charge >= 0.3 is 97.6 Å². The van der Waals surface area contributed by atoms with Crippen LogP contribution in [-0.2, 0) is 24.7 Å². The van der Waals surface area contributed by atoms with Crippen LogP contribution in [-0.4, -0.2) is 0 Å². The van der Waals surface area contributed by atoms with Crippen molar-refractivity contribution >= 4 is 0 Å². The summed E-state index contributed by atoms with van der Waals surface area (Å²) in [6.45, 7) is 6.89. The molecule has 1 aliphatic rings. The molecule has 13 heavy (non-hydrogen) atoms. The Labute approximate surface area is 97.3 Å². The van der Waals surface area contributed by atoms with Gasteiger partial charge in [0.05, 0.1) is 0 Å². The molecule has 0 aromatic carbocycles. The molecule has 0 spiro atoms. The van der Waals surface area contributed by atoms with Gasteiger partial charge in [0.2, 0.25) is 0 Å². The molecule has 0 saturated carbocycles. The summed E-state index contributed by atoms with van der Waals surface area (Å²) >= 11 is 1.62. The van der Waals surface area contributed by atoms with E-state index >= 15 is 0 Å². The van der Waals surface area contributed by atoms with E-state index < -0.39 is 0 Å². The molecular weight excluding hydrogens is 235 g/mol. The first-order chi connectivity index (χ1) is 6.20. The average Bonchev–Trinajstić information content (AvgIpc) is 2.40. The van der Waals surface area contributed by atoms with E-state index in [2.05, 4.69) is 20.8 Å². The fourth-order valence-corrected chi connectivity index (χ4v) is 2.85. The Bertz CT molecular complexity index is 246. The first-order valence-electron chi connectivity index (χ1n) is 5.33. The quantitative estimate of drug-likeness (QED) is 0.708. The van der Waals surface area contributed by atoms with Gasteiger partial charge in [-0.2, -0.15) is 0 Å². The van der Waals surface area contributed by atoms with Gasteiger partial charge in [0.1, 0.15) is 0 Å². The summed E-state index contributed by atoms with van der Waals surface area (Å²) in [4.78, 5) is 0. The summed E-state index contributed by atoms with van der Waals surface area (Å²) in [5, 5.41) is 0. The molecule has 0 fully saturated rings. The minimum absolute atomic E-state index is 1.26. The zero-order chi connectivity index (χ0) is 9.84. The molecule has 0 nitrogen and oxygen atoms in total. The third kappa shape index (κ3) is 2.65. The molecule has 0 atom stereocenters. The third-order valence-electron chi connectivity index (χ3n) is 2.93. The first-order valence-corrected chi connectivity index (χ1v) is 6.56. The molecule has 1 aliphatic carbocycles. The van der Waals surface area contributed by atoms with E-state index in [1.807, 2.05) is 0 Å². The third-order valence-corrected chi connectivity index (χ3v) is 4.29. The molecular formula is C12H19Zr. The van der Waals surface area contributed by atoms with Gasteiger partial charge < -0.3 is 0 Å². The van der Waals surface area contributed by atoms with Crippen molar-refractivity contribution in [2.24, 2.45) is 0 Å². The summed E-state index contributed by atoms with van der Waals surface area (Å²) in [5.41, 5.74) is 5.05. The van der Waals surface area contributed by atoms with Crippen molar-refractivity contribution in [1.82, 2.24) is 0 Å². The minimum atomic E-state index is 1.26. The maximum atomic E-state index is 2.32. The molecule has 1 heteroatoms. The van der Waals surface area contributed by atoms with E-state index in [9.17, 15) is 0 Å². The SMILES string of the molecule is CCCCC1=C(CC)C[C]([Zr])=C1C. The fraction of sp³-hybridized carbons (Fsp3) is 0.667. The van der Waals surface area contributed by atoms with Gasteiger partial charge in [-0.1, -0.05) is 0 Å². The van der Waals surface area contributed by atoms with Crippen LogP contribution in [0.3, 0.4) is 0 Å². The van der Waals surface area contributed by atoms with Gasteiger partial charge in [0.15, 0.2) is 0 Å². The van der Waals surface area contributed by atoms with E-state index in [0.717, 1.165) is 0 Å². The molecule has 1 rings (SSSR count). The second-order valence-corrected chi connectivity index (χ2v) is 5.30. The average molecular weight is 255 g/mol. The fourth-order valence-electron chi connectivity index (χ4n) is 1.96. The number of allylic oxidation sites excluding steroid dienone is 4. The number of rotatable bonds is 4. The predicted molar refractivity (Wildman–Crippen MR) is 54.2 cm³/mol. The van der Waals surface area contributed by atoms with Crippen molar-refractivity contribution in [2.45, 2.75) is 52.9 Å². The molecule has 0 aliphatic heterocycles. The van der Waals surface area contributed by atoms with Crippen LogP contribution >= 0.6 is 0 Å². The van der Waals surface area contributed by atoms with Gasteiger partial charge in [-0.3, -0.25) is 0 Å². The Morgan fingerprint density at radius 2 is 2.00 bits per heavy atom. The number of unbranched alkanes of at least 4 members (excludes halogenated alkanes) is 1. The van der Waals surface area contributed by atoms with Crippen molar-refractivity contribution in [1.29, 1.82) is 0 Å². The van der Waals surface area contributed by atoms with Crippen molar-refractivity contribution in [2.75, 3.05) is 0 Å². The van der Waals surface area contributed by atoms with Crippen LogP contribution < -0.4 is 0 Å². The van der Waals surface area contributed by atoms with Gasteiger partial charge in [-0.15, -0.1) is 0 Å². The topological polar surface area (TPSA) is 0 Å². The summed E-state index contributed by atoms with van der Waals surface area (Å²) < 4.78 is 1.69. The van der Waals surface area contributed by atoms with Crippen LogP contribution in [0.2, 0.25) is 0 Å². The van der Waals surface area contributed by atoms with E-state index in [-0.39, 0.29) is 0 Å². The van der Waals surface area contributed by atoms with Crippen LogP contribution in [0.4, 0.5) is 0 Å². The second-order valence-electron chi connectivity index (χ2n) is 3.82. The molecule has 71 valence electrons. The molecule has 0 radical (unpaired) electrons.